The molecule has 2 aromatic carbocycles. The van der Waals surface area contributed by atoms with Crippen LogP contribution < -0.4 is 0 Å². The maximum atomic E-state index is 10.8. The van der Waals surface area contributed by atoms with Gasteiger partial charge in [-0.05, 0) is 96.3 Å². The van der Waals surface area contributed by atoms with Gasteiger partial charge in [0.15, 0.2) is 0 Å². The largest absolute Gasteiger partial charge is 0.393 e. The summed E-state index contributed by atoms with van der Waals surface area (Å²) in [6, 6.07) is 18.7. The van der Waals surface area contributed by atoms with Gasteiger partial charge in [0, 0.05) is 42.1 Å². The summed E-state index contributed by atoms with van der Waals surface area (Å²) in [4.78, 5) is 5.20. The van der Waals surface area contributed by atoms with E-state index >= 15 is 0 Å². The molecule has 1 aromatic heterocycles. The number of nitrogens with zero attached hydrogens (tertiary/aromatic N) is 2. The summed E-state index contributed by atoms with van der Waals surface area (Å²) in [5, 5.41) is 16.8. The topological polar surface area (TPSA) is 26.7 Å². The molecule has 0 aliphatic carbocycles. The molecular weight excluding hydrogens is 507 g/mol. The van der Waals surface area contributed by atoms with Gasteiger partial charge in [-0.25, -0.2) is 0 Å². The van der Waals surface area contributed by atoms with Crippen LogP contribution in [0.25, 0.3) is 0 Å². The Bertz CT molecular complexity index is 1090. The van der Waals surface area contributed by atoms with Crippen molar-refractivity contribution in [1.29, 1.82) is 0 Å². The molecule has 0 saturated carbocycles. The molecule has 0 radical (unpaired) electrons. The van der Waals surface area contributed by atoms with E-state index in [1.165, 1.54) is 11.1 Å². The lowest BCUT2D eigenvalue weighted by Gasteiger charge is -2.36. The van der Waals surface area contributed by atoms with E-state index < -0.39 is 0 Å². The van der Waals surface area contributed by atoms with E-state index in [-0.39, 0.29) is 6.10 Å². The highest BCUT2D eigenvalue weighted by molar-refractivity contribution is 7.08. The van der Waals surface area contributed by atoms with Crippen LogP contribution in [-0.4, -0.2) is 53.7 Å². The number of aliphatic hydroxyl groups is 1. The van der Waals surface area contributed by atoms with Crippen LogP contribution in [0.15, 0.2) is 65.4 Å². The van der Waals surface area contributed by atoms with Crippen molar-refractivity contribution in [1.82, 2.24) is 9.80 Å². The van der Waals surface area contributed by atoms with E-state index in [9.17, 15) is 5.11 Å². The van der Waals surface area contributed by atoms with Gasteiger partial charge in [0.1, 0.15) is 0 Å². The minimum atomic E-state index is -0.197. The van der Waals surface area contributed by atoms with Gasteiger partial charge in [0.05, 0.1) is 6.10 Å². The second kappa shape index (κ2) is 12.4. The Labute approximate surface area is 229 Å². The van der Waals surface area contributed by atoms with Crippen molar-refractivity contribution in [2.24, 2.45) is 11.8 Å². The first-order valence-electron chi connectivity index (χ1n) is 13.2. The van der Waals surface area contributed by atoms with Crippen LogP contribution in [0.2, 0.25) is 10.0 Å². The van der Waals surface area contributed by atoms with E-state index in [0.29, 0.717) is 22.8 Å². The predicted molar refractivity (Wildman–Crippen MR) is 152 cm³/mol. The monoisotopic (exact) mass is 542 g/mol. The number of likely N-dealkylation sites (tertiary alicyclic amines) is 2. The Morgan fingerprint density at radius 3 is 2.50 bits per heavy atom. The van der Waals surface area contributed by atoms with Crippen LogP contribution >= 0.6 is 34.5 Å². The number of hydrogen-bond acceptors (Lipinski definition) is 4. The summed E-state index contributed by atoms with van der Waals surface area (Å²) in [7, 11) is 0. The molecule has 0 amide bonds. The minimum absolute atomic E-state index is 0.197. The van der Waals surface area contributed by atoms with Crippen LogP contribution in [0.3, 0.4) is 0 Å². The molecular formula is C30H36Cl2N2OS. The van der Waals surface area contributed by atoms with Crippen LogP contribution in [0.5, 0.6) is 0 Å². The normalized spacial score (nSPS) is 22.8. The zero-order valence-corrected chi connectivity index (χ0v) is 23.1. The maximum Gasteiger partial charge on any atom is 0.0572 e. The molecule has 1 N–H and O–H groups in total. The molecule has 3 atom stereocenters. The number of benzene rings is 2. The molecule has 0 bridgehead atoms. The van der Waals surface area contributed by atoms with E-state index in [1.54, 1.807) is 11.3 Å². The summed E-state index contributed by atoms with van der Waals surface area (Å²) in [6.45, 7) is 6.31. The van der Waals surface area contributed by atoms with E-state index in [0.717, 1.165) is 75.5 Å². The molecule has 2 saturated heterocycles. The van der Waals surface area contributed by atoms with E-state index in [2.05, 4.69) is 63.0 Å². The van der Waals surface area contributed by atoms with E-state index in [1.807, 2.05) is 12.1 Å². The fourth-order valence-corrected chi connectivity index (χ4v) is 7.27. The van der Waals surface area contributed by atoms with Gasteiger partial charge in [-0.2, -0.15) is 11.3 Å². The fraction of sp³-hybridized carbons (Fsp3) is 0.467. The van der Waals surface area contributed by atoms with Gasteiger partial charge in [0.25, 0.3) is 0 Å². The average Bonchev–Trinajstić information content (AvgIpc) is 3.55. The quantitative estimate of drug-likeness (QED) is 0.316. The average molecular weight is 544 g/mol. The first-order valence-corrected chi connectivity index (χ1v) is 14.9. The van der Waals surface area contributed by atoms with Crippen molar-refractivity contribution < 1.29 is 5.11 Å². The molecule has 3 aromatic rings. The zero-order chi connectivity index (χ0) is 24.9. The molecule has 6 heteroatoms. The third-order valence-electron chi connectivity index (χ3n) is 8.14. The maximum absolute atomic E-state index is 10.8. The SMILES string of the molecule is OC(CCc1ccccc1)C1CCN(CC2CN(Cc3ccc(Cl)cc3Cl)CC2c2ccsc2)CC1. The first kappa shape index (κ1) is 26.2. The fourth-order valence-electron chi connectivity index (χ4n) is 6.08. The number of aliphatic hydroxyl groups excluding tert-OH is 1. The van der Waals surface area contributed by atoms with Gasteiger partial charge in [-0.15, -0.1) is 0 Å². The van der Waals surface area contributed by atoms with Crippen molar-refractivity contribution in [2.75, 3.05) is 32.7 Å². The smallest absolute Gasteiger partial charge is 0.0572 e. The van der Waals surface area contributed by atoms with Crippen LogP contribution in [0, 0.1) is 11.8 Å². The molecule has 0 spiro atoms. The highest BCUT2D eigenvalue weighted by Crippen LogP contribution is 2.37. The summed E-state index contributed by atoms with van der Waals surface area (Å²) in [5.74, 6) is 1.58. The lowest BCUT2D eigenvalue weighted by atomic mass is 9.86. The standard InChI is InChI=1S/C30H36Cl2N2OS/c31-27-8-7-24(29(32)16-27)17-34-19-26(28(20-34)25-12-15-36-21-25)18-33-13-10-23(11-14-33)30(35)9-6-22-4-2-1-3-5-22/h1-5,7-8,12,15-16,21,23,26,28,30,35H,6,9-11,13-14,17-20H2. The van der Waals surface area contributed by atoms with Crippen molar-refractivity contribution in [3.63, 3.8) is 0 Å². The second-order valence-electron chi connectivity index (χ2n) is 10.6. The zero-order valence-electron chi connectivity index (χ0n) is 20.7. The summed E-state index contributed by atoms with van der Waals surface area (Å²) in [6.07, 6.45) is 3.81. The summed E-state index contributed by atoms with van der Waals surface area (Å²) in [5.41, 5.74) is 3.94. The van der Waals surface area contributed by atoms with Gasteiger partial charge in [0.2, 0.25) is 0 Å². The Hall–Kier alpha value is -1.40. The molecule has 2 fully saturated rings. The summed E-state index contributed by atoms with van der Waals surface area (Å²) < 4.78 is 0. The molecule has 5 rings (SSSR count). The molecule has 2 aliphatic heterocycles. The minimum Gasteiger partial charge on any atom is -0.393 e. The number of hydrogen-bond donors (Lipinski definition) is 1. The third-order valence-corrected chi connectivity index (χ3v) is 9.43. The first-order chi connectivity index (χ1) is 17.5. The number of rotatable bonds is 9. The predicted octanol–water partition coefficient (Wildman–Crippen LogP) is 6.98. The molecule has 3 heterocycles. The molecule has 3 unspecified atom stereocenters. The molecule has 3 nitrogen and oxygen atoms in total. The van der Waals surface area contributed by atoms with Crippen LogP contribution in [0.1, 0.15) is 41.9 Å². The Kier molecular flexibility index (Phi) is 9.05. The van der Waals surface area contributed by atoms with Gasteiger partial charge >= 0.3 is 0 Å². The Morgan fingerprint density at radius 1 is 0.972 bits per heavy atom. The van der Waals surface area contributed by atoms with Crippen LogP contribution in [0.4, 0.5) is 0 Å². The van der Waals surface area contributed by atoms with Crippen molar-refractivity contribution >= 4 is 34.5 Å². The second-order valence-corrected chi connectivity index (χ2v) is 12.2. The number of halogens is 2. The number of thiophene rings is 1. The Balaban J connectivity index is 1.15. The van der Waals surface area contributed by atoms with Gasteiger partial charge in [-0.1, -0.05) is 59.6 Å². The molecule has 192 valence electrons. The van der Waals surface area contributed by atoms with Crippen molar-refractivity contribution in [2.45, 2.75) is 44.2 Å². The lowest BCUT2D eigenvalue weighted by molar-refractivity contribution is 0.0494. The van der Waals surface area contributed by atoms with Gasteiger partial charge < -0.3 is 10.0 Å². The van der Waals surface area contributed by atoms with Crippen molar-refractivity contribution in [3.05, 3.63) is 92.1 Å². The number of aryl methyl sites for hydroxylation is 1. The molecule has 2 aliphatic rings. The van der Waals surface area contributed by atoms with Gasteiger partial charge in [-0.3, -0.25) is 4.90 Å². The highest BCUT2D eigenvalue weighted by atomic mass is 35.5. The third kappa shape index (κ3) is 6.72. The summed E-state index contributed by atoms with van der Waals surface area (Å²) >= 11 is 14.4. The highest BCUT2D eigenvalue weighted by Gasteiger charge is 2.36. The lowest BCUT2D eigenvalue weighted by Crippen LogP contribution is -2.41. The number of piperidine rings is 1. The molecule has 36 heavy (non-hydrogen) atoms. The van der Waals surface area contributed by atoms with Crippen LogP contribution in [-0.2, 0) is 13.0 Å². The van der Waals surface area contributed by atoms with Crippen molar-refractivity contribution in [3.8, 4) is 0 Å². The van der Waals surface area contributed by atoms with E-state index in [4.69, 9.17) is 23.2 Å². The Morgan fingerprint density at radius 2 is 1.78 bits per heavy atom.